The van der Waals surface area contributed by atoms with Gasteiger partial charge in [0.25, 0.3) is 17.5 Å². The Hall–Kier alpha value is -4.28. The Bertz CT molecular complexity index is 1150. The molecule has 1 aromatic heterocycles. The zero-order valence-electron chi connectivity index (χ0n) is 15.8. The number of ether oxygens (including phenoxy) is 1. The van der Waals surface area contributed by atoms with Crippen LogP contribution < -0.4 is 10.1 Å². The Labute approximate surface area is 169 Å². The fourth-order valence-corrected chi connectivity index (χ4v) is 2.59. The van der Waals surface area contributed by atoms with E-state index in [1.165, 1.54) is 18.2 Å². The summed E-state index contributed by atoms with van der Waals surface area (Å²) in [6.45, 7) is 1.14. The molecule has 3 rings (SSSR count). The molecule has 3 N–H and O–H groups in total. The fraction of sp³-hybridized carbons (Fsp3) is 0.158. The third-order valence-corrected chi connectivity index (χ3v) is 4.10. The van der Waals surface area contributed by atoms with Gasteiger partial charge in [-0.05, 0) is 24.6 Å². The summed E-state index contributed by atoms with van der Waals surface area (Å²) in [4.78, 5) is 36.6. The number of nitrogens with zero attached hydrogens (tertiary/aromatic N) is 3. The van der Waals surface area contributed by atoms with Crippen LogP contribution in [0.1, 0.15) is 5.56 Å². The van der Waals surface area contributed by atoms with E-state index in [1.807, 2.05) is 19.1 Å². The topological polar surface area (TPSA) is 159 Å². The number of carbonyl (C=O) groups excluding carboxylic acids is 2. The van der Waals surface area contributed by atoms with Gasteiger partial charge in [0.1, 0.15) is 12.3 Å². The van der Waals surface area contributed by atoms with E-state index >= 15 is 0 Å². The first-order valence-corrected chi connectivity index (χ1v) is 8.74. The van der Waals surface area contributed by atoms with Crippen molar-refractivity contribution in [1.29, 1.82) is 0 Å². The molecule has 11 heteroatoms. The predicted octanol–water partition coefficient (Wildman–Crippen LogP) is 2.90. The molecule has 0 unspecified atom stereocenters. The van der Waals surface area contributed by atoms with Gasteiger partial charge in [-0.1, -0.05) is 18.2 Å². The Kier molecular flexibility index (Phi) is 6.01. The molecular formula is C19H17N5O6. The zero-order chi connectivity index (χ0) is 21.7. The Balaban J connectivity index is 1.59. The van der Waals surface area contributed by atoms with Crippen LogP contribution >= 0.6 is 0 Å². The second-order valence-corrected chi connectivity index (χ2v) is 6.23. The molecule has 11 nitrogen and oxygen atoms in total. The van der Waals surface area contributed by atoms with Gasteiger partial charge in [0.05, 0.1) is 10.4 Å². The van der Waals surface area contributed by atoms with Gasteiger partial charge in [-0.15, -0.1) is 10.2 Å². The number of azo groups is 1. The van der Waals surface area contributed by atoms with Crippen molar-refractivity contribution in [1.82, 2.24) is 10.3 Å². The van der Waals surface area contributed by atoms with Crippen LogP contribution in [0.3, 0.4) is 0 Å². The molecule has 0 radical (unpaired) electrons. The maximum atomic E-state index is 11.9. The third kappa shape index (κ3) is 4.76. The molecule has 0 aliphatic rings. The average Bonchev–Trinajstić information content (AvgIpc) is 3.04. The van der Waals surface area contributed by atoms with Crippen molar-refractivity contribution in [2.75, 3.05) is 13.2 Å². The lowest BCUT2D eigenvalue weighted by Gasteiger charge is -2.08. The Morgan fingerprint density at radius 2 is 2.03 bits per heavy atom. The van der Waals surface area contributed by atoms with Crippen molar-refractivity contribution < 1.29 is 24.4 Å². The molecule has 1 heterocycles. The van der Waals surface area contributed by atoms with Crippen LogP contribution in [0.4, 0.5) is 11.4 Å². The minimum absolute atomic E-state index is 0.115. The molecule has 0 saturated carbocycles. The summed E-state index contributed by atoms with van der Waals surface area (Å²) in [5.74, 6) is -1.13. The minimum Gasteiger partial charge on any atom is -0.493 e. The van der Waals surface area contributed by atoms with Crippen molar-refractivity contribution >= 4 is 34.1 Å². The van der Waals surface area contributed by atoms with Gasteiger partial charge >= 0.3 is 0 Å². The highest BCUT2D eigenvalue weighted by molar-refractivity contribution is 5.96. The first kappa shape index (κ1) is 20.5. The van der Waals surface area contributed by atoms with E-state index in [1.54, 1.807) is 12.1 Å². The first-order valence-electron chi connectivity index (χ1n) is 8.74. The molecule has 154 valence electrons. The van der Waals surface area contributed by atoms with Crippen molar-refractivity contribution in [3.8, 4) is 11.6 Å². The highest BCUT2D eigenvalue weighted by atomic mass is 16.6. The van der Waals surface area contributed by atoms with Crippen molar-refractivity contribution in [2.24, 2.45) is 10.2 Å². The first-order chi connectivity index (χ1) is 14.3. The minimum atomic E-state index is -0.779. The highest BCUT2D eigenvalue weighted by Crippen LogP contribution is 2.37. The van der Waals surface area contributed by atoms with Crippen molar-refractivity contribution in [2.45, 2.75) is 6.92 Å². The molecule has 0 saturated heterocycles. The third-order valence-electron chi connectivity index (χ3n) is 4.10. The van der Waals surface area contributed by atoms with E-state index in [4.69, 9.17) is 4.74 Å². The molecule has 2 amide bonds. The molecule has 0 atom stereocenters. The lowest BCUT2D eigenvalue weighted by Crippen LogP contribution is -2.32. The van der Waals surface area contributed by atoms with Crippen LogP contribution in [0.2, 0.25) is 0 Å². The van der Waals surface area contributed by atoms with E-state index in [0.717, 1.165) is 5.56 Å². The van der Waals surface area contributed by atoms with Gasteiger partial charge in [0.15, 0.2) is 12.3 Å². The Morgan fingerprint density at radius 1 is 1.27 bits per heavy atom. The van der Waals surface area contributed by atoms with E-state index in [9.17, 15) is 24.8 Å². The number of non-ortho nitro benzene ring substituents is 1. The summed E-state index contributed by atoms with van der Waals surface area (Å²) in [5.41, 5.74) is 0.941. The number of nitro benzene ring substituents is 1. The second kappa shape index (κ2) is 8.82. The SMILES string of the molecule is Cc1ccccc1OCC(=O)NCC(=O)N=Nc1c(O)[nH]c2ccc([N+](=O)[O-])cc12. The maximum Gasteiger partial charge on any atom is 0.283 e. The molecule has 0 spiro atoms. The monoisotopic (exact) mass is 411 g/mol. The van der Waals surface area contributed by atoms with Crippen LogP contribution in [-0.4, -0.2) is 40.0 Å². The van der Waals surface area contributed by atoms with E-state index in [-0.39, 0.29) is 23.4 Å². The molecule has 0 aliphatic carbocycles. The smallest absolute Gasteiger partial charge is 0.283 e. The number of benzene rings is 2. The van der Waals surface area contributed by atoms with Crippen LogP contribution in [0, 0.1) is 17.0 Å². The number of amides is 2. The summed E-state index contributed by atoms with van der Waals surface area (Å²) in [6, 6.07) is 11.1. The summed E-state index contributed by atoms with van der Waals surface area (Å²) in [6.07, 6.45) is 0. The number of nitrogens with one attached hydrogen (secondary N) is 2. The van der Waals surface area contributed by atoms with Gasteiger partial charge in [-0.25, -0.2) is 0 Å². The van der Waals surface area contributed by atoms with Crippen LogP contribution in [0.25, 0.3) is 10.9 Å². The summed E-state index contributed by atoms with van der Waals surface area (Å²) in [7, 11) is 0. The Morgan fingerprint density at radius 3 is 2.77 bits per heavy atom. The average molecular weight is 411 g/mol. The number of para-hydroxylation sites is 1. The molecule has 0 aliphatic heterocycles. The number of rotatable bonds is 7. The number of hydrogen-bond acceptors (Lipinski definition) is 7. The van der Waals surface area contributed by atoms with Gasteiger partial charge in [0.2, 0.25) is 5.88 Å². The number of nitro groups is 1. The number of carbonyl (C=O) groups is 2. The van der Waals surface area contributed by atoms with Gasteiger partial charge < -0.3 is 20.1 Å². The molecule has 3 aromatic rings. The summed E-state index contributed by atoms with van der Waals surface area (Å²) in [5, 5.41) is 30.5. The van der Waals surface area contributed by atoms with E-state index in [2.05, 4.69) is 20.5 Å². The second-order valence-electron chi connectivity index (χ2n) is 6.23. The van der Waals surface area contributed by atoms with E-state index in [0.29, 0.717) is 11.3 Å². The largest absolute Gasteiger partial charge is 0.493 e. The van der Waals surface area contributed by atoms with Gasteiger partial charge in [-0.2, -0.15) is 0 Å². The number of aromatic amines is 1. The van der Waals surface area contributed by atoms with Crippen LogP contribution in [-0.2, 0) is 9.59 Å². The van der Waals surface area contributed by atoms with Crippen molar-refractivity contribution in [3.05, 3.63) is 58.1 Å². The zero-order valence-corrected chi connectivity index (χ0v) is 15.8. The predicted molar refractivity (Wildman–Crippen MR) is 106 cm³/mol. The number of aryl methyl sites for hydroxylation is 1. The maximum absolute atomic E-state index is 11.9. The lowest BCUT2D eigenvalue weighted by molar-refractivity contribution is -0.384. The number of H-pyrrole nitrogens is 1. The number of aromatic hydroxyl groups is 1. The molecular weight excluding hydrogens is 394 g/mol. The highest BCUT2D eigenvalue weighted by Gasteiger charge is 2.15. The van der Waals surface area contributed by atoms with E-state index < -0.39 is 29.2 Å². The molecule has 30 heavy (non-hydrogen) atoms. The van der Waals surface area contributed by atoms with Gasteiger partial charge in [0, 0.05) is 17.5 Å². The number of fused-ring (bicyclic) bond motifs is 1. The summed E-state index contributed by atoms with van der Waals surface area (Å²) < 4.78 is 5.37. The normalized spacial score (nSPS) is 11.0. The van der Waals surface area contributed by atoms with Crippen molar-refractivity contribution in [3.63, 3.8) is 0 Å². The molecule has 0 bridgehead atoms. The number of hydrogen-bond donors (Lipinski definition) is 3. The fourth-order valence-electron chi connectivity index (χ4n) is 2.59. The quantitative estimate of drug-likeness (QED) is 0.308. The molecule has 2 aromatic carbocycles. The molecule has 0 fully saturated rings. The van der Waals surface area contributed by atoms with Crippen LogP contribution in [0.5, 0.6) is 11.6 Å². The summed E-state index contributed by atoms with van der Waals surface area (Å²) >= 11 is 0. The lowest BCUT2D eigenvalue weighted by atomic mass is 10.2. The van der Waals surface area contributed by atoms with Gasteiger partial charge in [-0.3, -0.25) is 19.7 Å². The number of aromatic nitrogens is 1. The standard InChI is InChI=1S/C19H17N5O6/c1-11-4-2-3-5-15(11)30-10-17(26)20-9-16(25)22-23-18-13-8-12(24(28)29)6-7-14(13)21-19(18)27/h2-8,21,27H,9-10H2,1H3,(H,20,26). The van der Waals surface area contributed by atoms with Crippen LogP contribution in [0.15, 0.2) is 52.7 Å².